The normalized spacial score (nSPS) is 18.9. The van der Waals surface area contributed by atoms with Crippen LogP contribution in [-0.4, -0.2) is 14.1 Å². The van der Waals surface area contributed by atoms with E-state index in [2.05, 4.69) is 49.8 Å². The Morgan fingerprint density at radius 2 is 1.48 bits per heavy atom. The van der Waals surface area contributed by atoms with Crippen molar-refractivity contribution < 1.29 is 8.42 Å². The number of rotatable bonds is 6. The molecule has 4 nitrogen and oxygen atoms in total. The van der Waals surface area contributed by atoms with Crippen molar-refractivity contribution in [2.45, 2.75) is 97.3 Å². The number of hydrogen-bond donors (Lipinski definition) is 1. The molecule has 0 bridgehead atoms. The van der Waals surface area contributed by atoms with Gasteiger partial charge in [0.15, 0.2) is 0 Å². The summed E-state index contributed by atoms with van der Waals surface area (Å²) in [6, 6.07) is 4.11. The van der Waals surface area contributed by atoms with Crippen LogP contribution in [0.3, 0.4) is 0 Å². The van der Waals surface area contributed by atoms with Gasteiger partial charge in [0, 0.05) is 5.71 Å². The first-order valence-corrected chi connectivity index (χ1v) is 11.6. The summed E-state index contributed by atoms with van der Waals surface area (Å²) in [5, 5.41) is 4.30. The fourth-order valence-corrected chi connectivity index (χ4v) is 5.23. The second-order valence-corrected chi connectivity index (χ2v) is 11.2. The SMILES string of the molecule is CC(C)c1cc(C(C)C)c(S(=O)(=O)N/N=C2\CCC(C)(C)C2)c(C(C)C)c1. The maximum atomic E-state index is 13.3. The second kappa shape index (κ2) is 7.94. The molecule has 27 heavy (non-hydrogen) atoms. The highest BCUT2D eigenvalue weighted by molar-refractivity contribution is 7.89. The van der Waals surface area contributed by atoms with Gasteiger partial charge in [-0.1, -0.05) is 67.5 Å². The molecule has 0 saturated heterocycles. The maximum absolute atomic E-state index is 13.3. The van der Waals surface area contributed by atoms with E-state index in [4.69, 9.17) is 0 Å². The average Bonchev–Trinajstić information content (AvgIpc) is 2.90. The van der Waals surface area contributed by atoms with Crippen LogP contribution in [0.15, 0.2) is 22.1 Å². The minimum atomic E-state index is -3.72. The Hall–Kier alpha value is -1.36. The van der Waals surface area contributed by atoms with E-state index in [9.17, 15) is 8.42 Å². The first kappa shape index (κ1) is 21.9. The second-order valence-electron chi connectivity index (χ2n) is 9.61. The number of nitrogens with zero attached hydrogens (tertiary/aromatic N) is 1. The van der Waals surface area contributed by atoms with Gasteiger partial charge in [-0.15, -0.1) is 0 Å². The molecule has 0 radical (unpaired) electrons. The molecule has 1 aliphatic carbocycles. The third-order valence-electron chi connectivity index (χ3n) is 5.45. The molecule has 0 heterocycles. The monoisotopic (exact) mass is 392 g/mol. The van der Waals surface area contributed by atoms with Crippen molar-refractivity contribution >= 4 is 15.7 Å². The van der Waals surface area contributed by atoms with Crippen LogP contribution in [0, 0.1) is 5.41 Å². The standard InChI is InChI=1S/C22H36N2O2S/c1-14(2)17-11-19(15(3)4)21(20(12-17)16(5)6)27(25,26)24-23-18-9-10-22(7,8)13-18/h11-12,14-16,24H,9-10,13H2,1-8H3/b23-18+. The number of sulfonamides is 1. The lowest BCUT2D eigenvalue weighted by atomic mass is 9.89. The van der Waals surface area contributed by atoms with Gasteiger partial charge in [0.05, 0.1) is 4.90 Å². The van der Waals surface area contributed by atoms with Crippen LogP contribution in [0.4, 0.5) is 0 Å². The highest BCUT2D eigenvalue weighted by atomic mass is 32.2. The topological polar surface area (TPSA) is 58.5 Å². The van der Waals surface area contributed by atoms with E-state index in [0.717, 1.165) is 36.1 Å². The zero-order valence-corrected chi connectivity index (χ0v) is 19.0. The first-order chi connectivity index (χ1) is 12.3. The summed E-state index contributed by atoms with van der Waals surface area (Å²) in [7, 11) is -3.72. The Labute approximate surface area is 165 Å². The van der Waals surface area contributed by atoms with Gasteiger partial charge < -0.3 is 0 Å². The highest BCUT2D eigenvalue weighted by Gasteiger charge is 2.30. The Morgan fingerprint density at radius 1 is 0.963 bits per heavy atom. The minimum absolute atomic E-state index is 0.117. The number of hydrazone groups is 1. The molecule has 0 atom stereocenters. The molecule has 1 fully saturated rings. The molecule has 1 saturated carbocycles. The minimum Gasteiger partial charge on any atom is -0.200 e. The molecular weight excluding hydrogens is 356 g/mol. The van der Waals surface area contributed by atoms with E-state index in [-0.39, 0.29) is 17.3 Å². The van der Waals surface area contributed by atoms with Crippen molar-refractivity contribution in [2.24, 2.45) is 10.5 Å². The van der Waals surface area contributed by atoms with E-state index in [1.807, 2.05) is 27.7 Å². The van der Waals surface area contributed by atoms with Gasteiger partial charge >= 0.3 is 0 Å². The van der Waals surface area contributed by atoms with Gasteiger partial charge in [0.1, 0.15) is 0 Å². The van der Waals surface area contributed by atoms with Crippen LogP contribution in [0.5, 0.6) is 0 Å². The van der Waals surface area contributed by atoms with E-state index in [0.29, 0.717) is 10.8 Å². The number of benzene rings is 1. The van der Waals surface area contributed by atoms with Gasteiger partial charge in [-0.2, -0.15) is 13.5 Å². The Bertz CT molecular complexity index is 790. The molecule has 1 aromatic carbocycles. The molecule has 0 aliphatic heterocycles. The van der Waals surface area contributed by atoms with Crippen LogP contribution < -0.4 is 4.83 Å². The smallest absolute Gasteiger partial charge is 0.200 e. The molecular formula is C22H36N2O2S. The fraction of sp³-hybridized carbons (Fsp3) is 0.682. The van der Waals surface area contributed by atoms with Crippen molar-refractivity contribution in [3.05, 3.63) is 28.8 Å². The van der Waals surface area contributed by atoms with Gasteiger partial charge in [0.2, 0.25) is 0 Å². The summed E-state index contributed by atoms with van der Waals surface area (Å²) in [6.45, 7) is 16.9. The maximum Gasteiger partial charge on any atom is 0.277 e. The number of nitrogens with one attached hydrogen (secondary N) is 1. The lowest BCUT2D eigenvalue weighted by molar-refractivity contribution is 0.393. The third kappa shape index (κ3) is 5.13. The lowest BCUT2D eigenvalue weighted by Crippen LogP contribution is -2.24. The predicted molar refractivity (Wildman–Crippen MR) is 114 cm³/mol. The molecule has 5 heteroatoms. The summed E-state index contributed by atoms with van der Waals surface area (Å²) in [5.41, 5.74) is 4.09. The Kier molecular flexibility index (Phi) is 6.45. The van der Waals surface area contributed by atoms with E-state index >= 15 is 0 Å². The van der Waals surface area contributed by atoms with Gasteiger partial charge in [0.25, 0.3) is 10.0 Å². The van der Waals surface area contributed by atoms with Gasteiger partial charge in [-0.05, 0) is 59.1 Å². The van der Waals surface area contributed by atoms with Crippen molar-refractivity contribution in [3.63, 3.8) is 0 Å². The molecule has 2 rings (SSSR count). The van der Waals surface area contributed by atoms with Crippen molar-refractivity contribution in [3.8, 4) is 0 Å². The average molecular weight is 393 g/mol. The van der Waals surface area contributed by atoms with Gasteiger partial charge in [-0.3, -0.25) is 0 Å². The van der Waals surface area contributed by atoms with Crippen LogP contribution in [0.2, 0.25) is 0 Å². The van der Waals surface area contributed by atoms with Crippen molar-refractivity contribution in [1.29, 1.82) is 0 Å². The van der Waals surface area contributed by atoms with Crippen LogP contribution in [0.25, 0.3) is 0 Å². The van der Waals surface area contributed by atoms with Gasteiger partial charge in [-0.25, -0.2) is 4.83 Å². The fourth-order valence-electron chi connectivity index (χ4n) is 3.68. The van der Waals surface area contributed by atoms with Crippen LogP contribution in [-0.2, 0) is 10.0 Å². The molecule has 0 spiro atoms. The molecule has 0 aromatic heterocycles. The quantitative estimate of drug-likeness (QED) is 0.613. The molecule has 1 aliphatic rings. The number of hydrogen-bond acceptors (Lipinski definition) is 3. The highest BCUT2D eigenvalue weighted by Crippen LogP contribution is 2.36. The zero-order chi connectivity index (χ0) is 20.6. The van der Waals surface area contributed by atoms with E-state index in [1.54, 1.807) is 0 Å². The summed E-state index contributed by atoms with van der Waals surface area (Å²) in [6.07, 6.45) is 2.75. The van der Waals surface area contributed by atoms with Crippen LogP contribution >= 0.6 is 0 Å². The van der Waals surface area contributed by atoms with Crippen LogP contribution in [0.1, 0.15) is 109 Å². The Balaban J connectivity index is 2.53. The summed E-state index contributed by atoms with van der Waals surface area (Å²) < 4.78 is 26.5. The van der Waals surface area contributed by atoms with Crippen molar-refractivity contribution in [2.75, 3.05) is 0 Å². The Morgan fingerprint density at radius 3 is 1.85 bits per heavy atom. The molecule has 0 unspecified atom stereocenters. The molecule has 152 valence electrons. The summed E-state index contributed by atoms with van der Waals surface area (Å²) in [4.78, 5) is 2.97. The zero-order valence-electron chi connectivity index (χ0n) is 18.2. The molecule has 1 aromatic rings. The molecule has 1 N–H and O–H groups in total. The largest absolute Gasteiger partial charge is 0.277 e. The van der Waals surface area contributed by atoms with E-state index in [1.165, 1.54) is 5.56 Å². The van der Waals surface area contributed by atoms with Crippen molar-refractivity contribution in [1.82, 2.24) is 4.83 Å². The first-order valence-electron chi connectivity index (χ1n) is 10.1. The predicted octanol–water partition coefficient (Wildman–Crippen LogP) is 5.90. The third-order valence-corrected chi connectivity index (χ3v) is 6.79. The molecule has 0 amide bonds. The lowest BCUT2D eigenvalue weighted by Gasteiger charge is -2.22. The van der Waals surface area contributed by atoms with E-state index < -0.39 is 10.0 Å². The summed E-state index contributed by atoms with van der Waals surface area (Å²) >= 11 is 0. The summed E-state index contributed by atoms with van der Waals surface area (Å²) in [5.74, 6) is 0.586.